The van der Waals surface area contributed by atoms with Crippen molar-refractivity contribution in [2.45, 2.75) is 25.8 Å². The lowest BCUT2D eigenvalue weighted by Crippen LogP contribution is -2.31. The molecule has 0 aromatic carbocycles. The van der Waals surface area contributed by atoms with Crippen LogP contribution in [0, 0.1) is 6.92 Å². The van der Waals surface area contributed by atoms with Gasteiger partial charge >= 0.3 is 5.97 Å². The first-order valence-electron chi connectivity index (χ1n) is 4.66. The molecule has 0 aliphatic carbocycles. The van der Waals surface area contributed by atoms with Gasteiger partial charge in [0.2, 0.25) is 0 Å². The number of hydrogen-bond acceptors (Lipinski definition) is 3. The fourth-order valence-corrected chi connectivity index (χ4v) is 1.45. The van der Waals surface area contributed by atoms with E-state index in [-0.39, 0.29) is 12.0 Å². The van der Waals surface area contributed by atoms with Gasteiger partial charge in [-0.1, -0.05) is 0 Å². The van der Waals surface area contributed by atoms with Gasteiger partial charge in [0, 0.05) is 18.3 Å². The lowest BCUT2D eigenvalue weighted by molar-refractivity contribution is -0.138. The van der Waals surface area contributed by atoms with Crippen LogP contribution in [0.2, 0.25) is 0 Å². The molecule has 15 heavy (non-hydrogen) atoms. The number of carbonyl (C=O) groups is 1. The molecule has 1 aromatic rings. The Labute approximate surface area is 86.7 Å². The highest BCUT2D eigenvalue weighted by Gasteiger charge is 2.14. The summed E-state index contributed by atoms with van der Waals surface area (Å²) in [4.78, 5) is 22.0. The van der Waals surface area contributed by atoms with Crippen LogP contribution in [-0.2, 0) is 18.3 Å². The Hall–Kier alpha value is -1.56. The molecule has 0 bridgehead atoms. The molecule has 0 aliphatic heterocycles. The summed E-state index contributed by atoms with van der Waals surface area (Å²) >= 11 is 0. The van der Waals surface area contributed by atoms with E-state index in [1.807, 2.05) is 0 Å². The van der Waals surface area contributed by atoms with E-state index in [1.54, 1.807) is 14.0 Å². The third-order valence-electron chi connectivity index (χ3n) is 2.37. The van der Waals surface area contributed by atoms with Crippen LogP contribution in [0.15, 0.2) is 4.79 Å². The SMILES string of the molecule is Cc1[nH]n(C)c(=O)c1CC[C@@H](N)C(=O)O. The fourth-order valence-electron chi connectivity index (χ4n) is 1.45. The van der Waals surface area contributed by atoms with Gasteiger partial charge in [-0.2, -0.15) is 0 Å². The first-order valence-corrected chi connectivity index (χ1v) is 4.66. The van der Waals surface area contributed by atoms with Crippen molar-refractivity contribution in [2.24, 2.45) is 12.8 Å². The Morgan fingerprint density at radius 3 is 2.67 bits per heavy atom. The van der Waals surface area contributed by atoms with Gasteiger partial charge in [0.25, 0.3) is 5.56 Å². The predicted octanol–water partition coefficient (Wildman–Crippen LogP) is -0.634. The van der Waals surface area contributed by atoms with Gasteiger partial charge < -0.3 is 10.8 Å². The quantitative estimate of drug-likeness (QED) is 0.619. The molecule has 0 aliphatic rings. The molecular formula is C9H15N3O3. The molecule has 0 amide bonds. The van der Waals surface area contributed by atoms with Gasteiger partial charge in [0.1, 0.15) is 6.04 Å². The minimum absolute atomic E-state index is 0.120. The number of carboxylic acid groups (broad SMARTS) is 1. The average Bonchev–Trinajstić information content (AvgIpc) is 2.38. The minimum Gasteiger partial charge on any atom is -0.480 e. The Bertz CT molecular complexity index is 419. The smallest absolute Gasteiger partial charge is 0.320 e. The second-order valence-electron chi connectivity index (χ2n) is 3.56. The van der Waals surface area contributed by atoms with Crippen LogP contribution in [-0.4, -0.2) is 26.9 Å². The molecule has 0 radical (unpaired) electrons. The van der Waals surface area contributed by atoms with Gasteiger partial charge in [0.15, 0.2) is 0 Å². The molecule has 1 aromatic heterocycles. The molecule has 0 unspecified atom stereocenters. The van der Waals surface area contributed by atoms with E-state index in [0.29, 0.717) is 12.0 Å². The number of hydrogen-bond donors (Lipinski definition) is 3. The third kappa shape index (κ3) is 2.47. The summed E-state index contributed by atoms with van der Waals surface area (Å²) in [6, 6.07) is -0.913. The standard InChI is InChI=1S/C9H15N3O3/c1-5-6(8(13)12(2)11-5)3-4-7(10)9(14)15/h7,11H,3-4,10H2,1-2H3,(H,14,15)/t7-/m1/s1. The summed E-state index contributed by atoms with van der Waals surface area (Å²) in [7, 11) is 1.62. The summed E-state index contributed by atoms with van der Waals surface area (Å²) < 4.78 is 1.37. The van der Waals surface area contributed by atoms with Crippen molar-refractivity contribution < 1.29 is 9.90 Å². The number of aromatic amines is 1. The zero-order chi connectivity index (χ0) is 11.6. The minimum atomic E-state index is -1.04. The number of nitrogens with zero attached hydrogens (tertiary/aromatic N) is 1. The van der Waals surface area contributed by atoms with Crippen molar-refractivity contribution in [1.82, 2.24) is 9.78 Å². The topological polar surface area (TPSA) is 101 Å². The number of aliphatic carboxylic acids is 1. The van der Waals surface area contributed by atoms with Crippen molar-refractivity contribution >= 4 is 5.97 Å². The molecule has 0 spiro atoms. The van der Waals surface area contributed by atoms with Crippen molar-refractivity contribution in [2.75, 3.05) is 0 Å². The highest BCUT2D eigenvalue weighted by molar-refractivity contribution is 5.73. The van der Waals surface area contributed by atoms with E-state index in [2.05, 4.69) is 5.10 Å². The summed E-state index contributed by atoms with van der Waals surface area (Å²) in [5.74, 6) is -1.04. The van der Waals surface area contributed by atoms with Gasteiger partial charge in [-0.25, -0.2) is 0 Å². The third-order valence-corrected chi connectivity index (χ3v) is 2.37. The average molecular weight is 213 g/mol. The molecule has 6 heteroatoms. The number of nitrogens with one attached hydrogen (secondary N) is 1. The van der Waals surface area contributed by atoms with Crippen molar-refractivity contribution in [1.29, 1.82) is 0 Å². The zero-order valence-corrected chi connectivity index (χ0v) is 8.78. The summed E-state index contributed by atoms with van der Waals surface area (Å²) in [6.45, 7) is 1.78. The Balaban J connectivity index is 2.74. The number of aromatic nitrogens is 2. The zero-order valence-electron chi connectivity index (χ0n) is 8.78. The molecule has 0 saturated heterocycles. The molecule has 1 rings (SSSR count). The largest absolute Gasteiger partial charge is 0.480 e. The maximum atomic E-state index is 11.5. The first-order chi connectivity index (χ1) is 6.93. The maximum absolute atomic E-state index is 11.5. The number of rotatable bonds is 4. The normalized spacial score (nSPS) is 12.7. The number of nitrogens with two attached hydrogens (primary N) is 1. The second-order valence-corrected chi connectivity index (χ2v) is 3.56. The van der Waals surface area contributed by atoms with Gasteiger partial charge in [-0.15, -0.1) is 0 Å². The van der Waals surface area contributed by atoms with Gasteiger partial charge in [0.05, 0.1) is 0 Å². The van der Waals surface area contributed by atoms with Crippen LogP contribution in [0.25, 0.3) is 0 Å². The Morgan fingerprint density at radius 2 is 2.27 bits per heavy atom. The highest BCUT2D eigenvalue weighted by atomic mass is 16.4. The summed E-state index contributed by atoms with van der Waals surface area (Å²) in [6.07, 6.45) is 0.652. The van der Waals surface area contributed by atoms with Crippen LogP contribution < -0.4 is 11.3 Å². The lowest BCUT2D eigenvalue weighted by Gasteiger charge is -2.04. The Kier molecular flexibility index (Phi) is 3.31. The van der Waals surface area contributed by atoms with E-state index in [1.165, 1.54) is 4.68 Å². The van der Waals surface area contributed by atoms with Crippen LogP contribution in [0.4, 0.5) is 0 Å². The molecule has 1 atom stereocenters. The number of carboxylic acids is 1. The van der Waals surface area contributed by atoms with Crippen LogP contribution >= 0.6 is 0 Å². The van der Waals surface area contributed by atoms with E-state index < -0.39 is 12.0 Å². The molecule has 0 fully saturated rings. The van der Waals surface area contributed by atoms with E-state index in [0.717, 1.165) is 5.69 Å². The molecule has 4 N–H and O–H groups in total. The lowest BCUT2D eigenvalue weighted by atomic mass is 10.1. The molecule has 6 nitrogen and oxygen atoms in total. The van der Waals surface area contributed by atoms with Gasteiger partial charge in [-0.3, -0.25) is 19.4 Å². The van der Waals surface area contributed by atoms with Crippen LogP contribution in [0.1, 0.15) is 17.7 Å². The van der Waals surface area contributed by atoms with E-state index in [9.17, 15) is 9.59 Å². The van der Waals surface area contributed by atoms with Crippen molar-refractivity contribution in [3.05, 3.63) is 21.6 Å². The summed E-state index contributed by atoms with van der Waals surface area (Å²) in [5, 5.41) is 11.4. The van der Waals surface area contributed by atoms with E-state index >= 15 is 0 Å². The molecule has 0 saturated carbocycles. The van der Waals surface area contributed by atoms with Crippen LogP contribution in [0.5, 0.6) is 0 Å². The summed E-state index contributed by atoms with van der Waals surface area (Å²) in [5.41, 5.74) is 6.60. The second kappa shape index (κ2) is 4.31. The van der Waals surface area contributed by atoms with Crippen molar-refractivity contribution in [3.63, 3.8) is 0 Å². The fraction of sp³-hybridized carbons (Fsp3) is 0.556. The maximum Gasteiger partial charge on any atom is 0.320 e. The monoisotopic (exact) mass is 213 g/mol. The molecule has 84 valence electrons. The predicted molar refractivity (Wildman–Crippen MR) is 54.7 cm³/mol. The van der Waals surface area contributed by atoms with E-state index in [4.69, 9.17) is 10.8 Å². The highest BCUT2D eigenvalue weighted by Crippen LogP contribution is 2.03. The number of H-pyrrole nitrogens is 1. The number of aryl methyl sites for hydroxylation is 2. The van der Waals surface area contributed by atoms with Crippen LogP contribution in [0.3, 0.4) is 0 Å². The van der Waals surface area contributed by atoms with Crippen molar-refractivity contribution in [3.8, 4) is 0 Å². The first kappa shape index (κ1) is 11.5. The Morgan fingerprint density at radius 1 is 1.67 bits per heavy atom. The molecular weight excluding hydrogens is 198 g/mol. The molecule has 1 heterocycles. The van der Waals surface area contributed by atoms with Gasteiger partial charge in [-0.05, 0) is 19.8 Å².